The van der Waals surface area contributed by atoms with E-state index in [0.717, 1.165) is 5.56 Å². The first kappa shape index (κ1) is 15.1. The molecule has 0 bridgehead atoms. The van der Waals surface area contributed by atoms with Gasteiger partial charge in [-0.2, -0.15) is 0 Å². The highest BCUT2D eigenvalue weighted by Crippen LogP contribution is 2.10. The fourth-order valence-corrected chi connectivity index (χ4v) is 1.80. The first-order chi connectivity index (χ1) is 9.08. The number of carbonyl (C=O) groups excluding carboxylic acids is 2. The summed E-state index contributed by atoms with van der Waals surface area (Å²) in [5, 5.41) is 0. The summed E-state index contributed by atoms with van der Waals surface area (Å²) < 4.78 is 17.6. The molecule has 0 fully saturated rings. The highest BCUT2D eigenvalue weighted by Gasteiger charge is 2.19. The molecule has 1 aromatic carbocycles. The molecular formula is C14H18FNO3. The fourth-order valence-electron chi connectivity index (χ4n) is 1.80. The Morgan fingerprint density at radius 2 is 2.05 bits per heavy atom. The Balaban J connectivity index is 2.75. The normalized spacial score (nSPS) is 11.7. The van der Waals surface area contributed by atoms with Crippen LogP contribution in [0.4, 0.5) is 4.39 Å². The van der Waals surface area contributed by atoms with Crippen LogP contribution >= 0.6 is 0 Å². The van der Waals surface area contributed by atoms with E-state index in [0.29, 0.717) is 19.3 Å². The van der Waals surface area contributed by atoms with Gasteiger partial charge in [0.25, 0.3) is 6.47 Å². The van der Waals surface area contributed by atoms with Crippen molar-refractivity contribution in [1.29, 1.82) is 0 Å². The zero-order valence-corrected chi connectivity index (χ0v) is 11.1. The zero-order valence-electron chi connectivity index (χ0n) is 11.1. The average molecular weight is 267 g/mol. The molecule has 0 N–H and O–H groups in total. The van der Waals surface area contributed by atoms with E-state index in [1.807, 2.05) is 0 Å². The Morgan fingerprint density at radius 1 is 1.42 bits per heavy atom. The van der Waals surface area contributed by atoms with Gasteiger partial charge in [0.05, 0.1) is 6.04 Å². The largest absolute Gasteiger partial charge is 0.466 e. The number of carbonyl (C=O) groups is 2. The predicted octanol–water partition coefficient (Wildman–Crippen LogP) is 1.78. The number of amides is 1. The highest BCUT2D eigenvalue weighted by atomic mass is 19.1. The maximum atomic E-state index is 12.8. The number of hydrogen-bond donors (Lipinski definition) is 0. The predicted molar refractivity (Wildman–Crippen MR) is 69.0 cm³/mol. The minimum atomic E-state index is -0.303. The molecule has 0 aliphatic rings. The van der Waals surface area contributed by atoms with Crippen molar-refractivity contribution in [3.63, 3.8) is 0 Å². The maximum Gasteiger partial charge on any atom is 0.293 e. The van der Waals surface area contributed by atoms with E-state index in [-0.39, 0.29) is 24.4 Å². The lowest BCUT2D eigenvalue weighted by Gasteiger charge is -2.27. The third-order valence-corrected chi connectivity index (χ3v) is 2.98. The Morgan fingerprint density at radius 3 is 2.58 bits per heavy atom. The fraction of sp³-hybridized carbons (Fsp3) is 0.429. The van der Waals surface area contributed by atoms with Gasteiger partial charge >= 0.3 is 0 Å². The number of benzene rings is 1. The first-order valence-corrected chi connectivity index (χ1v) is 6.13. The van der Waals surface area contributed by atoms with Crippen molar-refractivity contribution in [2.75, 3.05) is 13.7 Å². The molecule has 0 spiro atoms. The first-order valence-electron chi connectivity index (χ1n) is 6.13. The lowest BCUT2D eigenvalue weighted by atomic mass is 10.1. The zero-order chi connectivity index (χ0) is 14.3. The Kier molecular flexibility index (Phi) is 5.99. The molecule has 1 amide bonds. The summed E-state index contributed by atoms with van der Waals surface area (Å²) in [6, 6.07) is 5.81. The average Bonchev–Trinajstić information content (AvgIpc) is 2.43. The lowest BCUT2D eigenvalue weighted by molar-refractivity contribution is -0.137. The van der Waals surface area contributed by atoms with Gasteiger partial charge in [0, 0.05) is 13.5 Å². The van der Waals surface area contributed by atoms with Crippen LogP contribution in [0.2, 0.25) is 0 Å². The van der Waals surface area contributed by atoms with Gasteiger partial charge in [0.1, 0.15) is 12.4 Å². The summed E-state index contributed by atoms with van der Waals surface area (Å²) in [6.07, 6.45) is 0.897. The van der Waals surface area contributed by atoms with Crippen LogP contribution in [-0.4, -0.2) is 37.0 Å². The number of rotatable bonds is 7. The van der Waals surface area contributed by atoms with E-state index in [2.05, 4.69) is 0 Å². The van der Waals surface area contributed by atoms with E-state index in [4.69, 9.17) is 4.74 Å². The Bertz CT molecular complexity index is 419. The van der Waals surface area contributed by atoms with Crippen molar-refractivity contribution in [3.8, 4) is 0 Å². The monoisotopic (exact) mass is 267 g/mol. The Hall–Kier alpha value is -1.91. The summed E-state index contributed by atoms with van der Waals surface area (Å²) >= 11 is 0. The van der Waals surface area contributed by atoms with E-state index in [1.165, 1.54) is 12.1 Å². The van der Waals surface area contributed by atoms with Crippen LogP contribution in [0.3, 0.4) is 0 Å². The summed E-state index contributed by atoms with van der Waals surface area (Å²) in [5.41, 5.74) is 0.886. The summed E-state index contributed by atoms with van der Waals surface area (Å²) in [5.74, 6) is -0.330. The summed E-state index contributed by atoms with van der Waals surface area (Å²) in [7, 11) is 1.67. The standard InChI is InChI=1S/C14H18FNO3/c1-3-14(18)16(2)13(9-19-10-17)8-11-4-6-12(15)7-5-11/h4-7,10,13H,3,8-9H2,1-2H3. The topological polar surface area (TPSA) is 46.6 Å². The van der Waals surface area contributed by atoms with Crippen molar-refractivity contribution in [1.82, 2.24) is 4.90 Å². The second kappa shape index (κ2) is 7.51. The van der Waals surface area contributed by atoms with E-state index < -0.39 is 0 Å². The van der Waals surface area contributed by atoms with Gasteiger partial charge < -0.3 is 9.64 Å². The number of ether oxygens (including phenoxy) is 1. The number of likely N-dealkylation sites (N-methyl/N-ethyl adjacent to an activating group) is 1. The van der Waals surface area contributed by atoms with Crippen LogP contribution in [0.25, 0.3) is 0 Å². The third kappa shape index (κ3) is 4.69. The van der Waals surface area contributed by atoms with Crippen LogP contribution in [0.1, 0.15) is 18.9 Å². The quantitative estimate of drug-likeness (QED) is 0.707. The minimum absolute atomic E-state index is 0.0263. The van der Waals surface area contributed by atoms with Crippen LogP contribution in [-0.2, 0) is 20.7 Å². The maximum absolute atomic E-state index is 12.8. The van der Waals surface area contributed by atoms with Crippen molar-refractivity contribution in [2.45, 2.75) is 25.8 Å². The Labute approximate surface area is 112 Å². The second-order valence-corrected chi connectivity index (χ2v) is 4.27. The van der Waals surface area contributed by atoms with Crippen molar-refractivity contribution in [2.24, 2.45) is 0 Å². The molecule has 0 aliphatic carbocycles. The second-order valence-electron chi connectivity index (χ2n) is 4.27. The van der Waals surface area contributed by atoms with Gasteiger partial charge in [0.15, 0.2) is 0 Å². The molecule has 1 atom stereocenters. The minimum Gasteiger partial charge on any atom is -0.466 e. The highest BCUT2D eigenvalue weighted by molar-refractivity contribution is 5.75. The van der Waals surface area contributed by atoms with E-state index >= 15 is 0 Å². The molecule has 0 saturated heterocycles. The lowest BCUT2D eigenvalue weighted by Crippen LogP contribution is -2.41. The van der Waals surface area contributed by atoms with Crippen molar-refractivity contribution >= 4 is 12.4 Å². The molecule has 19 heavy (non-hydrogen) atoms. The summed E-state index contributed by atoms with van der Waals surface area (Å²) in [4.78, 5) is 23.5. The molecule has 1 rings (SSSR count). The molecule has 0 heterocycles. The van der Waals surface area contributed by atoms with Crippen molar-refractivity contribution in [3.05, 3.63) is 35.6 Å². The molecule has 104 valence electrons. The molecule has 0 aliphatic heterocycles. The third-order valence-electron chi connectivity index (χ3n) is 2.98. The van der Waals surface area contributed by atoms with Crippen LogP contribution < -0.4 is 0 Å². The van der Waals surface area contributed by atoms with Gasteiger partial charge in [-0.15, -0.1) is 0 Å². The molecule has 1 unspecified atom stereocenters. The van der Waals surface area contributed by atoms with Crippen LogP contribution in [0, 0.1) is 5.82 Å². The van der Waals surface area contributed by atoms with Gasteiger partial charge in [-0.25, -0.2) is 4.39 Å². The van der Waals surface area contributed by atoms with E-state index in [1.54, 1.807) is 31.0 Å². The smallest absolute Gasteiger partial charge is 0.293 e. The molecule has 5 heteroatoms. The molecule has 0 radical (unpaired) electrons. The van der Waals surface area contributed by atoms with Gasteiger partial charge in [0.2, 0.25) is 5.91 Å². The molecule has 0 aromatic heterocycles. The molecule has 4 nitrogen and oxygen atoms in total. The number of halogens is 1. The number of nitrogens with zero attached hydrogens (tertiary/aromatic N) is 1. The molecule has 0 saturated carbocycles. The number of hydrogen-bond acceptors (Lipinski definition) is 3. The van der Waals surface area contributed by atoms with Crippen LogP contribution in [0.5, 0.6) is 0 Å². The molecular weight excluding hydrogens is 249 g/mol. The molecule has 1 aromatic rings. The van der Waals surface area contributed by atoms with Gasteiger partial charge in [-0.1, -0.05) is 19.1 Å². The summed E-state index contributed by atoms with van der Waals surface area (Å²) in [6.45, 7) is 2.26. The SMILES string of the molecule is CCC(=O)N(C)C(COC=O)Cc1ccc(F)cc1. The van der Waals surface area contributed by atoms with E-state index in [9.17, 15) is 14.0 Å². The van der Waals surface area contributed by atoms with Gasteiger partial charge in [-0.3, -0.25) is 9.59 Å². The van der Waals surface area contributed by atoms with Crippen LogP contribution in [0.15, 0.2) is 24.3 Å². The van der Waals surface area contributed by atoms with Crippen molar-refractivity contribution < 1.29 is 18.7 Å². The van der Waals surface area contributed by atoms with Gasteiger partial charge in [-0.05, 0) is 24.1 Å².